The molecule has 23 heavy (non-hydrogen) atoms. The van der Waals surface area contributed by atoms with Gasteiger partial charge in [-0.15, -0.1) is 0 Å². The summed E-state index contributed by atoms with van der Waals surface area (Å²) in [5.74, 6) is 0.501. The number of benzene rings is 1. The van der Waals surface area contributed by atoms with E-state index in [-0.39, 0.29) is 13.2 Å². The summed E-state index contributed by atoms with van der Waals surface area (Å²) in [5.41, 5.74) is -2.69. The van der Waals surface area contributed by atoms with Crippen LogP contribution in [0.25, 0.3) is 0 Å². The Morgan fingerprint density at radius 3 is 2.26 bits per heavy atom. The molecule has 1 aliphatic heterocycles. The lowest BCUT2D eigenvalue weighted by Gasteiger charge is -2.37. The van der Waals surface area contributed by atoms with E-state index < -0.39 is 23.6 Å². The van der Waals surface area contributed by atoms with Gasteiger partial charge in [-0.25, -0.2) is 0 Å². The summed E-state index contributed by atoms with van der Waals surface area (Å²) in [6, 6.07) is 9.25. The molecule has 1 heterocycles. The van der Waals surface area contributed by atoms with Crippen molar-refractivity contribution in [2.45, 2.75) is 44.9 Å². The van der Waals surface area contributed by atoms with E-state index in [4.69, 9.17) is 9.47 Å². The van der Waals surface area contributed by atoms with Crippen LogP contribution < -0.4 is 0 Å². The fraction of sp³-hybridized carbons (Fsp3) is 0.529. The minimum atomic E-state index is -4.69. The predicted octanol–water partition coefficient (Wildman–Crippen LogP) is 4.17. The molecule has 0 fully saturated rings. The maximum Gasteiger partial charge on any atom is 0.416 e. The van der Waals surface area contributed by atoms with Gasteiger partial charge in [-0.05, 0) is 30.7 Å². The third-order valence-corrected chi connectivity index (χ3v) is 3.98. The molecule has 0 amide bonds. The van der Waals surface area contributed by atoms with Gasteiger partial charge in [0, 0.05) is 6.42 Å². The summed E-state index contributed by atoms with van der Waals surface area (Å²) in [4.78, 5) is 0. The lowest BCUT2D eigenvalue weighted by Crippen LogP contribution is -2.46. The fourth-order valence-electron chi connectivity index (χ4n) is 2.99. The Balaban J connectivity index is 2.23. The van der Waals surface area contributed by atoms with Gasteiger partial charge in [0.1, 0.15) is 12.0 Å². The number of hydrogen-bond donors (Lipinski definition) is 1. The van der Waals surface area contributed by atoms with Crippen molar-refractivity contribution in [3.63, 3.8) is 0 Å². The average Bonchev–Trinajstić information content (AvgIpc) is 2.89. The van der Waals surface area contributed by atoms with Crippen molar-refractivity contribution in [1.82, 2.24) is 0 Å². The van der Waals surface area contributed by atoms with E-state index in [2.05, 4.69) is 0 Å². The Labute approximate surface area is 133 Å². The SMILES string of the molecule is CC(CC1=COCO1)(Cc1ccccc1)CC(C)(O)C(F)(F)F. The van der Waals surface area contributed by atoms with Gasteiger partial charge in [0.25, 0.3) is 0 Å². The van der Waals surface area contributed by atoms with Gasteiger partial charge in [-0.3, -0.25) is 0 Å². The summed E-state index contributed by atoms with van der Waals surface area (Å²) in [6.45, 7) is 2.62. The van der Waals surface area contributed by atoms with Crippen LogP contribution in [-0.2, 0) is 15.9 Å². The van der Waals surface area contributed by atoms with Gasteiger partial charge < -0.3 is 14.6 Å². The fourth-order valence-corrected chi connectivity index (χ4v) is 2.99. The van der Waals surface area contributed by atoms with E-state index in [1.165, 1.54) is 6.26 Å². The number of ether oxygens (including phenoxy) is 2. The zero-order valence-corrected chi connectivity index (χ0v) is 13.2. The molecular formula is C17H21F3O3. The molecule has 2 atom stereocenters. The largest absolute Gasteiger partial charge is 0.462 e. The average molecular weight is 330 g/mol. The third kappa shape index (κ3) is 4.64. The van der Waals surface area contributed by atoms with Crippen LogP contribution in [-0.4, -0.2) is 23.7 Å². The van der Waals surface area contributed by atoms with E-state index >= 15 is 0 Å². The van der Waals surface area contributed by atoms with Crippen LogP contribution in [0.15, 0.2) is 42.4 Å². The number of hydrogen-bond acceptors (Lipinski definition) is 3. The maximum atomic E-state index is 13.1. The van der Waals surface area contributed by atoms with Crippen LogP contribution in [0.5, 0.6) is 0 Å². The highest BCUT2D eigenvalue weighted by molar-refractivity contribution is 5.17. The lowest BCUT2D eigenvalue weighted by atomic mass is 9.72. The highest BCUT2D eigenvalue weighted by Gasteiger charge is 2.53. The van der Waals surface area contributed by atoms with E-state index in [0.29, 0.717) is 12.2 Å². The number of aliphatic hydroxyl groups is 1. The van der Waals surface area contributed by atoms with E-state index in [0.717, 1.165) is 12.5 Å². The van der Waals surface area contributed by atoms with Crippen LogP contribution in [0.3, 0.4) is 0 Å². The second-order valence-corrected chi connectivity index (χ2v) is 6.61. The Bertz CT molecular complexity index is 552. The van der Waals surface area contributed by atoms with Crippen LogP contribution >= 0.6 is 0 Å². The topological polar surface area (TPSA) is 38.7 Å². The first kappa shape index (κ1) is 17.7. The quantitative estimate of drug-likeness (QED) is 0.850. The number of halogens is 3. The highest BCUT2D eigenvalue weighted by Crippen LogP contribution is 2.44. The molecular weight excluding hydrogens is 309 g/mol. The van der Waals surface area contributed by atoms with Crippen molar-refractivity contribution in [2.24, 2.45) is 5.41 Å². The summed E-state index contributed by atoms with van der Waals surface area (Å²) < 4.78 is 49.5. The molecule has 2 unspecified atom stereocenters. The summed E-state index contributed by atoms with van der Waals surface area (Å²) in [6.07, 6.45) is -3.05. The molecule has 2 rings (SSSR count). The molecule has 1 aromatic carbocycles. The first-order chi connectivity index (χ1) is 10.6. The zero-order chi connectivity index (χ0) is 17.1. The van der Waals surface area contributed by atoms with Gasteiger partial charge >= 0.3 is 6.18 Å². The van der Waals surface area contributed by atoms with Gasteiger partial charge in [0.05, 0.1) is 0 Å². The number of rotatable bonds is 6. The normalized spacial score (nSPS) is 20.0. The van der Waals surface area contributed by atoms with Gasteiger partial charge in [-0.2, -0.15) is 13.2 Å². The van der Waals surface area contributed by atoms with Crippen molar-refractivity contribution in [2.75, 3.05) is 6.79 Å². The van der Waals surface area contributed by atoms with Crippen molar-refractivity contribution < 1.29 is 27.8 Å². The predicted molar refractivity (Wildman–Crippen MR) is 79.3 cm³/mol. The molecule has 1 aromatic rings. The highest BCUT2D eigenvalue weighted by atomic mass is 19.4. The molecule has 0 radical (unpaired) electrons. The Hall–Kier alpha value is -1.69. The second-order valence-electron chi connectivity index (χ2n) is 6.61. The molecule has 0 aromatic heterocycles. The van der Waals surface area contributed by atoms with E-state index in [1.54, 1.807) is 6.92 Å². The molecule has 6 heteroatoms. The van der Waals surface area contributed by atoms with Crippen LogP contribution in [0.4, 0.5) is 13.2 Å². The smallest absolute Gasteiger partial charge is 0.416 e. The molecule has 3 nitrogen and oxygen atoms in total. The van der Waals surface area contributed by atoms with Crippen LogP contribution in [0.2, 0.25) is 0 Å². The van der Waals surface area contributed by atoms with Gasteiger partial charge in [-0.1, -0.05) is 37.3 Å². The molecule has 0 saturated carbocycles. The lowest BCUT2D eigenvalue weighted by molar-refractivity contribution is -0.262. The van der Waals surface area contributed by atoms with Crippen LogP contribution in [0, 0.1) is 5.41 Å². The van der Waals surface area contributed by atoms with Crippen molar-refractivity contribution in [3.8, 4) is 0 Å². The van der Waals surface area contributed by atoms with Crippen molar-refractivity contribution >= 4 is 0 Å². The van der Waals surface area contributed by atoms with Crippen molar-refractivity contribution in [3.05, 3.63) is 47.9 Å². The molecule has 0 saturated heterocycles. The first-order valence-electron chi connectivity index (χ1n) is 7.38. The van der Waals surface area contributed by atoms with Gasteiger partial charge in [0.15, 0.2) is 5.60 Å². The third-order valence-electron chi connectivity index (χ3n) is 3.98. The Morgan fingerprint density at radius 1 is 1.09 bits per heavy atom. The summed E-state index contributed by atoms with van der Waals surface area (Å²) >= 11 is 0. The minimum absolute atomic E-state index is 0.0758. The molecule has 1 N–H and O–H groups in total. The number of allylic oxidation sites excluding steroid dienone is 1. The molecule has 0 spiro atoms. The summed E-state index contributed by atoms with van der Waals surface area (Å²) in [7, 11) is 0. The summed E-state index contributed by atoms with van der Waals surface area (Å²) in [5, 5.41) is 9.92. The Morgan fingerprint density at radius 2 is 1.74 bits per heavy atom. The van der Waals surface area contributed by atoms with Gasteiger partial charge in [0.2, 0.25) is 6.79 Å². The van der Waals surface area contributed by atoms with E-state index in [9.17, 15) is 18.3 Å². The zero-order valence-electron chi connectivity index (χ0n) is 13.2. The van der Waals surface area contributed by atoms with E-state index in [1.807, 2.05) is 30.3 Å². The van der Waals surface area contributed by atoms with Crippen molar-refractivity contribution in [1.29, 1.82) is 0 Å². The Kier molecular flexibility index (Phi) is 4.94. The number of alkyl halides is 3. The maximum absolute atomic E-state index is 13.1. The molecule has 128 valence electrons. The standard InChI is InChI=1S/C17H21F3O3/c1-15(9-14-10-22-12-23-14,8-13-6-4-3-5-7-13)11-16(2,21)17(18,19)20/h3-7,10,21H,8-9,11-12H2,1-2H3. The molecule has 1 aliphatic rings. The van der Waals surface area contributed by atoms with Crippen LogP contribution in [0.1, 0.15) is 32.3 Å². The minimum Gasteiger partial charge on any atom is -0.462 e. The first-order valence-corrected chi connectivity index (χ1v) is 7.38. The molecule has 0 aliphatic carbocycles. The molecule has 0 bridgehead atoms. The second kappa shape index (κ2) is 6.43. The monoisotopic (exact) mass is 330 g/mol.